The Kier molecular flexibility index (Phi) is 11.8. The van der Waals surface area contributed by atoms with Crippen LogP contribution in [0, 0.1) is 17.8 Å². The van der Waals surface area contributed by atoms with Gasteiger partial charge in [0.1, 0.15) is 35.0 Å². The highest BCUT2D eigenvalue weighted by atomic mass is 32.2. The predicted octanol–water partition coefficient (Wildman–Crippen LogP) is 5.56. The molecule has 3 N–H and O–H groups in total. The number of alkyl halides is 3. The number of halogens is 3. The molecule has 1 aromatic carbocycles. The zero-order valence-electron chi connectivity index (χ0n) is 33.4. The highest BCUT2D eigenvalue weighted by Crippen LogP contribution is 2.47. The molecular weight excluding hydrogens is 784 g/mol. The number of fused-ring (bicyclic) bond motifs is 3. The molecule has 18 heteroatoms. The van der Waals surface area contributed by atoms with Gasteiger partial charge in [-0.3, -0.25) is 24.0 Å². The molecule has 0 radical (unpaired) electrons. The summed E-state index contributed by atoms with van der Waals surface area (Å²) in [4.78, 5) is 61.9. The molecule has 0 unspecified atom stereocenters. The topological polar surface area (TPSA) is 185 Å². The van der Waals surface area contributed by atoms with Crippen molar-refractivity contribution in [2.24, 2.45) is 17.8 Å². The van der Waals surface area contributed by atoms with Crippen molar-refractivity contribution in [3.63, 3.8) is 0 Å². The van der Waals surface area contributed by atoms with E-state index >= 15 is 0 Å². The van der Waals surface area contributed by atoms with E-state index in [0.29, 0.717) is 56.1 Å². The number of nitrogens with zero attached hydrogens (tertiary/aromatic N) is 3. The summed E-state index contributed by atoms with van der Waals surface area (Å²) in [6.45, 7) is 8.13. The molecule has 3 fully saturated rings. The molecule has 4 amide bonds. The molecular formula is C40H52F3N5O9S. The highest BCUT2D eigenvalue weighted by molar-refractivity contribution is 7.91. The van der Waals surface area contributed by atoms with Crippen LogP contribution in [-0.4, -0.2) is 105 Å². The number of ether oxygens (including phenoxy) is 2. The van der Waals surface area contributed by atoms with Gasteiger partial charge < -0.3 is 24.8 Å². The van der Waals surface area contributed by atoms with E-state index in [0.717, 1.165) is 4.90 Å². The zero-order valence-corrected chi connectivity index (χ0v) is 34.2. The molecule has 2 aromatic rings. The van der Waals surface area contributed by atoms with Crippen LogP contribution in [0.5, 0.6) is 11.6 Å². The first-order valence-corrected chi connectivity index (χ1v) is 21.3. The molecule has 2 aliphatic heterocycles. The third-order valence-electron chi connectivity index (χ3n) is 11.7. The minimum atomic E-state index is -5.09. The molecule has 7 atom stereocenters. The number of nitrogens with one attached hydrogen (secondary N) is 2. The molecule has 0 spiro atoms. The lowest BCUT2D eigenvalue weighted by molar-refractivity contribution is -0.222. The van der Waals surface area contributed by atoms with Crippen LogP contribution in [0.25, 0.3) is 10.8 Å². The van der Waals surface area contributed by atoms with Gasteiger partial charge in [0.05, 0.1) is 24.1 Å². The molecule has 318 valence electrons. The average molecular weight is 836 g/mol. The average Bonchev–Trinajstić information content (AvgIpc) is 4.05. The van der Waals surface area contributed by atoms with Crippen molar-refractivity contribution in [3.05, 3.63) is 42.6 Å². The number of sulfonamides is 1. The summed E-state index contributed by atoms with van der Waals surface area (Å²) in [5, 5.41) is 13.7. The summed E-state index contributed by atoms with van der Waals surface area (Å²) in [6, 6.07) is 3.75. The van der Waals surface area contributed by atoms with Crippen LogP contribution in [0.1, 0.15) is 86.5 Å². The Morgan fingerprint density at radius 3 is 2.38 bits per heavy atom. The fraction of sp³-hybridized carbons (Fsp3) is 0.625. The number of carboxylic acid groups (broad SMARTS) is 1. The number of amides is 4. The quantitative estimate of drug-likeness (QED) is 0.271. The van der Waals surface area contributed by atoms with Crippen molar-refractivity contribution in [1.82, 2.24) is 24.8 Å². The summed E-state index contributed by atoms with van der Waals surface area (Å²) < 4.78 is 84.3. The Balaban J connectivity index is 1.42. The number of rotatable bonds is 9. The van der Waals surface area contributed by atoms with Gasteiger partial charge in [-0.2, -0.15) is 13.2 Å². The Morgan fingerprint density at radius 1 is 1.09 bits per heavy atom. The monoisotopic (exact) mass is 835 g/mol. The molecule has 6 rings (SSSR count). The Labute approximate surface area is 335 Å². The van der Waals surface area contributed by atoms with E-state index in [1.807, 2.05) is 26.8 Å². The maximum atomic E-state index is 15.0. The standard InChI is InChI=1S/C40H52F3N5O9S/c1-22(2)56-31-20-44-34(29-14-10-9-13-28(29)31)57-26-18-30-33(49)45-39(36(51)46-58(54,55)27-15-16-27)19-25(39)12-8-7-11-23(3)17-24(4)32(35(50)47(30)21-26)48(37(52)53)38(5,6)40(41,42)43/h8-10,12-14,20,22-27,30,32H,7,11,15-19,21H2,1-6H3,(H,45,49)(H,46,51)(H,52,53)/t23-,24+,25+,26+,30-,32-,39+/m0/s1. The number of aromatic nitrogens is 1. The van der Waals surface area contributed by atoms with Crippen molar-refractivity contribution in [2.75, 3.05) is 6.54 Å². The van der Waals surface area contributed by atoms with Crippen molar-refractivity contribution >= 4 is 44.6 Å². The number of carbonyl (C=O) groups is 4. The van der Waals surface area contributed by atoms with Crippen LogP contribution in [0.4, 0.5) is 18.0 Å². The fourth-order valence-electron chi connectivity index (χ4n) is 8.23. The van der Waals surface area contributed by atoms with Crippen LogP contribution in [0.3, 0.4) is 0 Å². The summed E-state index contributed by atoms with van der Waals surface area (Å²) in [7, 11) is -4.02. The molecule has 3 heterocycles. The second-order valence-electron chi connectivity index (χ2n) is 17.0. The van der Waals surface area contributed by atoms with E-state index in [1.54, 1.807) is 30.3 Å². The molecule has 4 aliphatic rings. The van der Waals surface area contributed by atoms with Crippen molar-refractivity contribution < 1.29 is 55.3 Å². The van der Waals surface area contributed by atoms with Crippen molar-refractivity contribution in [2.45, 2.75) is 133 Å². The third kappa shape index (κ3) is 8.57. The van der Waals surface area contributed by atoms with Crippen LogP contribution in [0.15, 0.2) is 42.6 Å². The van der Waals surface area contributed by atoms with Gasteiger partial charge in [-0.25, -0.2) is 18.2 Å². The number of allylic oxidation sites excluding steroid dienone is 1. The van der Waals surface area contributed by atoms with E-state index < -0.39 is 86.4 Å². The third-order valence-corrected chi connectivity index (χ3v) is 13.5. The Bertz CT molecular complexity index is 2070. The second-order valence-corrected chi connectivity index (χ2v) is 19.0. The van der Waals surface area contributed by atoms with Crippen LogP contribution >= 0.6 is 0 Å². The molecule has 1 aromatic heterocycles. The first kappa shape index (κ1) is 43.0. The Hall–Kier alpha value is -4.61. The highest BCUT2D eigenvalue weighted by Gasteiger charge is 2.63. The van der Waals surface area contributed by atoms with Crippen molar-refractivity contribution in [3.8, 4) is 11.6 Å². The molecule has 58 heavy (non-hydrogen) atoms. The van der Waals surface area contributed by atoms with Gasteiger partial charge in [0.2, 0.25) is 27.7 Å². The van der Waals surface area contributed by atoms with Gasteiger partial charge in [-0.05, 0) is 84.1 Å². The molecule has 2 saturated carbocycles. The minimum absolute atomic E-state index is 0.0599. The summed E-state index contributed by atoms with van der Waals surface area (Å²) in [5.41, 5.74) is -4.73. The molecule has 1 saturated heterocycles. The zero-order chi connectivity index (χ0) is 42.5. The first-order chi connectivity index (χ1) is 27.1. The van der Waals surface area contributed by atoms with Gasteiger partial charge >= 0.3 is 12.3 Å². The number of pyridine rings is 1. The molecule has 0 bridgehead atoms. The summed E-state index contributed by atoms with van der Waals surface area (Å²) in [6.07, 6.45) is -1.43. The maximum Gasteiger partial charge on any atom is 0.411 e. The second kappa shape index (κ2) is 15.9. The number of benzene rings is 1. The lowest BCUT2D eigenvalue weighted by Crippen LogP contribution is -2.66. The normalized spacial score (nSPS) is 28.5. The number of carbonyl (C=O) groups excluding carboxylic acids is 3. The van der Waals surface area contributed by atoms with Gasteiger partial charge in [0.15, 0.2) is 0 Å². The minimum Gasteiger partial charge on any atom is -0.489 e. The van der Waals surface area contributed by atoms with Crippen LogP contribution < -0.4 is 19.5 Å². The number of hydrogen-bond acceptors (Lipinski definition) is 9. The molecule has 14 nitrogen and oxygen atoms in total. The van der Waals surface area contributed by atoms with Gasteiger partial charge in [0, 0.05) is 23.1 Å². The first-order valence-electron chi connectivity index (χ1n) is 19.7. The van der Waals surface area contributed by atoms with Crippen LogP contribution in [0.2, 0.25) is 0 Å². The van der Waals surface area contributed by atoms with E-state index in [4.69, 9.17) is 9.47 Å². The van der Waals surface area contributed by atoms with Crippen LogP contribution in [-0.2, 0) is 24.4 Å². The lowest BCUT2D eigenvalue weighted by Gasteiger charge is -2.45. The van der Waals surface area contributed by atoms with E-state index in [2.05, 4.69) is 15.0 Å². The van der Waals surface area contributed by atoms with E-state index in [1.165, 1.54) is 13.1 Å². The van der Waals surface area contributed by atoms with E-state index in [9.17, 15) is 45.9 Å². The SMILES string of the molecule is CC(C)Oc1cnc(O[C@@H]2C[C@H]3C(=O)N[C@]4(C(=O)NS(=O)(=O)C5CC5)C[C@H]4C=CCC[C@H](C)C[C@@H](C)[C@H](N(C(=O)O)C(C)(C)C(F)(F)F)C(=O)N3C2)c2ccccc12. The van der Waals surface area contributed by atoms with E-state index in [-0.39, 0.29) is 48.6 Å². The van der Waals surface area contributed by atoms with Gasteiger partial charge in [-0.15, -0.1) is 0 Å². The maximum absolute atomic E-state index is 15.0. The summed E-state index contributed by atoms with van der Waals surface area (Å²) in [5.74, 6) is -3.96. The number of hydrogen-bond donors (Lipinski definition) is 3. The van der Waals surface area contributed by atoms with Gasteiger partial charge in [0.25, 0.3) is 5.91 Å². The lowest BCUT2D eigenvalue weighted by atomic mass is 9.85. The van der Waals surface area contributed by atoms with Crippen molar-refractivity contribution in [1.29, 1.82) is 0 Å². The molecule has 2 aliphatic carbocycles. The largest absolute Gasteiger partial charge is 0.489 e. The smallest absolute Gasteiger partial charge is 0.411 e. The Morgan fingerprint density at radius 2 is 1.76 bits per heavy atom. The predicted molar refractivity (Wildman–Crippen MR) is 206 cm³/mol. The summed E-state index contributed by atoms with van der Waals surface area (Å²) >= 11 is 0. The van der Waals surface area contributed by atoms with Gasteiger partial charge in [-0.1, -0.05) is 44.2 Å². The fourth-order valence-corrected chi connectivity index (χ4v) is 9.59.